The van der Waals surface area contributed by atoms with Gasteiger partial charge in [-0.15, -0.1) is 0 Å². The van der Waals surface area contributed by atoms with Crippen molar-refractivity contribution in [2.45, 2.75) is 32.2 Å². The predicted molar refractivity (Wildman–Crippen MR) is 86.4 cm³/mol. The maximum Gasteiger partial charge on any atom is 0.115 e. The molecule has 2 aromatic rings. The third-order valence-electron chi connectivity index (χ3n) is 4.65. The number of phenols is 1. The molecule has 1 aliphatic rings. The smallest absolute Gasteiger partial charge is 0.115 e. The molecule has 1 saturated carbocycles. The van der Waals surface area contributed by atoms with Crippen LogP contribution in [-0.2, 0) is 0 Å². The van der Waals surface area contributed by atoms with Crippen molar-refractivity contribution in [2.24, 2.45) is 5.41 Å². The number of benzene rings is 2. The fourth-order valence-electron chi connectivity index (χ4n) is 3.05. The molecule has 1 aliphatic carbocycles. The maximum absolute atomic E-state index is 9.49. The van der Waals surface area contributed by atoms with Gasteiger partial charge in [0.2, 0.25) is 0 Å². The summed E-state index contributed by atoms with van der Waals surface area (Å²) in [5.41, 5.74) is 2.91. The van der Waals surface area contributed by atoms with E-state index in [2.05, 4.69) is 36.5 Å². The molecule has 0 radical (unpaired) electrons. The number of nitrogens with one attached hydrogen (secondary N) is 1. The van der Waals surface area contributed by atoms with Gasteiger partial charge in [0, 0.05) is 6.54 Å². The fraction of sp³-hybridized carbons (Fsp3) is 0.368. The van der Waals surface area contributed by atoms with Gasteiger partial charge in [0.1, 0.15) is 5.75 Å². The van der Waals surface area contributed by atoms with Gasteiger partial charge in [-0.1, -0.05) is 55.8 Å². The molecule has 0 heterocycles. The lowest BCUT2D eigenvalue weighted by molar-refractivity contribution is 0.153. The van der Waals surface area contributed by atoms with E-state index in [1.54, 1.807) is 12.1 Å². The van der Waals surface area contributed by atoms with Crippen molar-refractivity contribution in [3.8, 4) is 5.75 Å². The molecule has 1 atom stereocenters. The van der Waals surface area contributed by atoms with Gasteiger partial charge in [-0.05, 0) is 41.5 Å². The normalized spacial score (nSPS) is 18.0. The standard InChI is InChI=1S/C19H23NO/c1-19(12-5-13-19)14-20-18(15-6-3-2-4-7-15)16-8-10-17(21)11-9-16/h2-4,6-11,18,20-21H,5,12-14H2,1H3. The van der Waals surface area contributed by atoms with Crippen molar-refractivity contribution in [2.75, 3.05) is 6.54 Å². The van der Waals surface area contributed by atoms with E-state index in [4.69, 9.17) is 0 Å². The Labute approximate surface area is 126 Å². The molecule has 2 N–H and O–H groups in total. The highest BCUT2D eigenvalue weighted by Gasteiger charge is 2.32. The summed E-state index contributed by atoms with van der Waals surface area (Å²) in [4.78, 5) is 0. The molecule has 0 spiro atoms. The molecule has 2 nitrogen and oxygen atoms in total. The van der Waals surface area contributed by atoms with Crippen LogP contribution in [0.15, 0.2) is 54.6 Å². The Bertz CT molecular complexity index is 572. The number of rotatable bonds is 5. The highest BCUT2D eigenvalue weighted by Crippen LogP contribution is 2.40. The minimum atomic E-state index is 0.184. The van der Waals surface area contributed by atoms with E-state index in [-0.39, 0.29) is 6.04 Å². The Balaban J connectivity index is 1.82. The van der Waals surface area contributed by atoms with Crippen molar-refractivity contribution in [3.63, 3.8) is 0 Å². The number of hydrogen-bond donors (Lipinski definition) is 2. The van der Waals surface area contributed by atoms with Crippen LogP contribution >= 0.6 is 0 Å². The van der Waals surface area contributed by atoms with Crippen molar-refractivity contribution >= 4 is 0 Å². The molecule has 0 amide bonds. The average molecular weight is 281 g/mol. The van der Waals surface area contributed by atoms with Crippen LogP contribution in [0.2, 0.25) is 0 Å². The molecule has 1 unspecified atom stereocenters. The summed E-state index contributed by atoms with van der Waals surface area (Å²) < 4.78 is 0. The third kappa shape index (κ3) is 3.27. The van der Waals surface area contributed by atoms with Gasteiger partial charge in [-0.25, -0.2) is 0 Å². The van der Waals surface area contributed by atoms with Crippen LogP contribution in [0.3, 0.4) is 0 Å². The minimum Gasteiger partial charge on any atom is -0.508 e. The second-order valence-electron chi connectivity index (χ2n) is 6.48. The molecular weight excluding hydrogens is 258 g/mol. The summed E-state index contributed by atoms with van der Waals surface area (Å²) in [6.45, 7) is 3.40. The maximum atomic E-state index is 9.49. The topological polar surface area (TPSA) is 32.3 Å². The van der Waals surface area contributed by atoms with Crippen LogP contribution in [0.1, 0.15) is 43.4 Å². The Kier molecular flexibility index (Phi) is 3.98. The summed E-state index contributed by atoms with van der Waals surface area (Å²) in [5, 5.41) is 13.2. The van der Waals surface area contributed by atoms with Crippen LogP contribution in [0.5, 0.6) is 5.75 Å². The Morgan fingerprint density at radius 2 is 1.62 bits per heavy atom. The Morgan fingerprint density at radius 1 is 1.00 bits per heavy atom. The van der Waals surface area contributed by atoms with Gasteiger partial charge < -0.3 is 10.4 Å². The van der Waals surface area contributed by atoms with E-state index >= 15 is 0 Å². The second-order valence-corrected chi connectivity index (χ2v) is 6.48. The highest BCUT2D eigenvalue weighted by atomic mass is 16.3. The van der Waals surface area contributed by atoms with Crippen LogP contribution in [0, 0.1) is 5.41 Å². The first-order valence-electron chi connectivity index (χ1n) is 7.74. The molecule has 0 aromatic heterocycles. The molecule has 0 aliphatic heterocycles. The summed E-state index contributed by atoms with van der Waals surface area (Å²) in [5.74, 6) is 0.316. The van der Waals surface area contributed by atoms with E-state index < -0.39 is 0 Å². The first kappa shape index (κ1) is 14.2. The molecule has 3 rings (SSSR count). The van der Waals surface area contributed by atoms with Gasteiger partial charge in [0.25, 0.3) is 0 Å². The summed E-state index contributed by atoms with van der Waals surface area (Å²) in [6, 6.07) is 18.2. The van der Waals surface area contributed by atoms with Crippen molar-refractivity contribution in [1.82, 2.24) is 5.32 Å². The average Bonchev–Trinajstić information content (AvgIpc) is 2.48. The SMILES string of the molecule is CC1(CNC(c2ccccc2)c2ccc(O)cc2)CCC1. The number of aromatic hydroxyl groups is 1. The third-order valence-corrected chi connectivity index (χ3v) is 4.65. The van der Waals surface area contributed by atoms with E-state index in [0.717, 1.165) is 6.54 Å². The van der Waals surface area contributed by atoms with Crippen LogP contribution in [0.4, 0.5) is 0 Å². The van der Waals surface area contributed by atoms with Crippen LogP contribution in [-0.4, -0.2) is 11.7 Å². The van der Waals surface area contributed by atoms with E-state index in [9.17, 15) is 5.11 Å². The molecular formula is C19H23NO. The molecule has 2 aromatic carbocycles. The number of phenolic OH excluding ortho intramolecular Hbond substituents is 1. The zero-order valence-corrected chi connectivity index (χ0v) is 12.5. The summed E-state index contributed by atoms with van der Waals surface area (Å²) >= 11 is 0. The van der Waals surface area contributed by atoms with E-state index in [1.807, 2.05) is 18.2 Å². The van der Waals surface area contributed by atoms with Gasteiger partial charge in [-0.3, -0.25) is 0 Å². The van der Waals surface area contributed by atoms with Crippen molar-refractivity contribution in [1.29, 1.82) is 0 Å². The quantitative estimate of drug-likeness (QED) is 0.858. The van der Waals surface area contributed by atoms with E-state index in [0.29, 0.717) is 11.2 Å². The molecule has 1 fully saturated rings. The lowest BCUT2D eigenvalue weighted by Gasteiger charge is -2.40. The number of hydrogen-bond acceptors (Lipinski definition) is 2. The van der Waals surface area contributed by atoms with Gasteiger partial charge in [0.15, 0.2) is 0 Å². The summed E-state index contributed by atoms with van der Waals surface area (Å²) in [7, 11) is 0. The van der Waals surface area contributed by atoms with Gasteiger partial charge >= 0.3 is 0 Å². The largest absolute Gasteiger partial charge is 0.508 e. The minimum absolute atomic E-state index is 0.184. The van der Waals surface area contributed by atoms with Gasteiger partial charge in [0.05, 0.1) is 6.04 Å². The highest BCUT2D eigenvalue weighted by molar-refractivity contribution is 5.35. The zero-order chi connectivity index (χ0) is 14.7. The van der Waals surface area contributed by atoms with Crippen molar-refractivity contribution in [3.05, 3.63) is 65.7 Å². The van der Waals surface area contributed by atoms with E-state index in [1.165, 1.54) is 30.4 Å². The van der Waals surface area contributed by atoms with Crippen LogP contribution in [0.25, 0.3) is 0 Å². The fourth-order valence-corrected chi connectivity index (χ4v) is 3.05. The zero-order valence-electron chi connectivity index (χ0n) is 12.5. The van der Waals surface area contributed by atoms with Gasteiger partial charge in [-0.2, -0.15) is 0 Å². The molecule has 2 heteroatoms. The molecule has 21 heavy (non-hydrogen) atoms. The lowest BCUT2D eigenvalue weighted by Crippen LogP contribution is -2.39. The lowest BCUT2D eigenvalue weighted by atomic mass is 9.70. The molecule has 0 saturated heterocycles. The molecule has 0 bridgehead atoms. The Morgan fingerprint density at radius 3 is 2.19 bits per heavy atom. The predicted octanol–water partition coefficient (Wildman–Crippen LogP) is 4.26. The Hall–Kier alpha value is -1.80. The monoisotopic (exact) mass is 281 g/mol. The first-order valence-corrected chi connectivity index (χ1v) is 7.74. The first-order chi connectivity index (χ1) is 10.2. The van der Waals surface area contributed by atoms with Crippen LogP contribution < -0.4 is 5.32 Å². The summed E-state index contributed by atoms with van der Waals surface area (Å²) in [6.07, 6.45) is 3.99. The second kappa shape index (κ2) is 5.90. The van der Waals surface area contributed by atoms with Crippen molar-refractivity contribution < 1.29 is 5.11 Å². The molecule has 110 valence electrons.